The summed E-state index contributed by atoms with van der Waals surface area (Å²) in [6.07, 6.45) is 4.61. The van der Waals surface area contributed by atoms with Crippen LogP contribution < -0.4 is 5.32 Å². The molecule has 2 atom stereocenters. The average Bonchev–Trinajstić information content (AvgIpc) is 2.57. The first-order chi connectivity index (χ1) is 7.25. The van der Waals surface area contributed by atoms with Crippen molar-refractivity contribution in [3.05, 3.63) is 24.3 Å². The maximum atomic E-state index is 4.19. The van der Waals surface area contributed by atoms with Crippen LogP contribution >= 0.6 is 0 Å². The Labute approximate surface area is 90.7 Å². The van der Waals surface area contributed by atoms with Crippen molar-refractivity contribution >= 4 is 0 Å². The van der Waals surface area contributed by atoms with E-state index in [0.29, 0.717) is 12.1 Å². The Hall–Kier alpha value is -1.00. The molecule has 1 aliphatic rings. The fraction of sp³-hybridized carbons (Fsp3) is 0.636. The lowest BCUT2D eigenvalue weighted by molar-refractivity contribution is 0.326. The molecular formula is C11H18N4. The van der Waals surface area contributed by atoms with Crippen LogP contribution in [0.15, 0.2) is 18.6 Å². The summed E-state index contributed by atoms with van der Waals surface area (Å²) in [7, 11) is 2.18. The van der Waals surface area contributed by atoms with Crippen molar-refractivity contribution in [3.8, 4) is 0 Å². The third-order valence-electron chi connectivity index (χ3n) is 3.10. The van der Waals surface area contributed by atoms with Gasteiger partial charge >= 0.3 is 0 Å². The highest BCUT2D eigenvalue weighted by atomic mass is 15.2. The second-order valence-corrected chi connectivity index (χ2v) is 4.30. The molecule has 0 saturated carbocycles. The van der Waals surface area contributed by atoms with E-state index in [1.165, 1.54) is 6.42 Å². The van der Waals surface area contributed by atoms with E-state index >= 15 is 0 Å². The number of nitrogens with one attached hydrogen (secondary N) is 1. The molecule has 1 aromatic rings. The van der Waals surface area contributed by atoms with Crippen molar-refractivity contribution in [2.45, 2.75) is 32.0 Å². The molecule has 1 aromatic heterocycles. The fourth-order valence-corrected chi connectivity index (χ4v) is 2.01. The zero-order valence-corrected chi connectivity index (χ0v) is 9.35. The molecule has 0 radical (unpaired) electrons. The molecule has 82 valence electrons. The molecule has 0 spiro atoms. The normalized spacial score (nSPS) is 27.1. The van der Waals surface area contributed by atoms with Crippen LogP contribution in [0.4, 0.5) is 0 Å². The Morgan fingerprint density at radius 3 is 3.07 bits per heavy atom. The van der Waals surface area contributed by atoms with Gasteiger partial charge in [0.15, 0.2) is 0 Å². The summed E-state index contributed by atoms with van der Waals surface area (Å²) in [6, 6.07) is 3.24. The Morgan fingerprint density at radius 1 is 1.60 bits per heavy atom. The number of likely N-dealkylation sites (N-methyl/N-ethyl adjacent to an activating group) is 1. The summed E-state index contributed by atoms with van der Waals surface area (Å²) < 4.78 is 0. The van der Waals surface area contributed by atoms with Crippen LogP contribution in [0.5, 0.6) is 0 Å². The highest BCUT2D eigenvalue weighted by molar-refractivity contribution is 4.98. The predicted octanol–water partition coefficient (Wildman–Crippen LogP) is 0.659. The molecule has 0 amide bonds. The van der Waals surface area contributed by atoms with Gasteiger partial charge in [-0.1, -0.05) is 0 Å². The minimum Gasteiger partial charge on any atom is -0.307 e. The van der Waals surface area contributed by atoms with Crippen LogP contribution in [-0.4, -0.2) is 40.5 Å². The molecule has 1 N–H and O–H groups in total. The zero-order chi connectivity index (χ0) is 10.7. The lowest BCUT2D eigenvalue weighted by Crippen LogP contribution is -2.31. The zero-order valence-electron chi connectivity index (χ0n) is 9.35. The Bertz CT molecular complexity index is 291. The molecule has 4 heteroatoms. The van der Waals surface area contributed by atoms with Gasteiger partial charge in [-0.3, -0.25) is 0 Å². The first-order valence-electron chi connectivity index (χ1n) is 5.44. The van der Waals surface area contributed by atoms with Crippen molar-refractivity contribution in [2.24, 2.45) is 0 Å². The highest BCUT2D eigenvalue weighted by Gasteiger charge is 2.25. The predicted molar refractivity (Wildman–Crippen MR) is 59.4 cm³/mol. The van der Waals surface area contributed by atoms with Gasteiger partial charge in [-0.05, 0) is 26.5 Å². The quantitative estimate of drug-likeness (QED) is 0.788. The van der Waals surface area contributed by atoms with Crippen molar-refractivity contribution in [2.75, 3.05) is 13.6 Å². The van der Waals surface area contributed by atoms with Crippen LogP contribution in [-0.2, 0) is 6.54 Å². The monoisotopic (exact) mass is 206 g/mol. The summed E-state index contributed by atoms with van der Waals surface area (Å²) >= 11 is 0. The third kappa shape index (κ3) is 2.73. The highest BCUT2D eigenvalue weighted by Crippen LogP contribution is 2.14. The lowest BCUT2D eigenvalue weighted by Gasteiger charge is -2.13. The Kier molecular flexibility index (Phi) is 3.28. The van der Waals surface area contributed by atoms with Crippen LogP contribution in [0.2, 0.25) is 0 Å². The Balaban J connectivity index is 1.80. The molecule has 1 saturated heterocycles. The van der Waals surface area contributed by atoms with E-state index < -0.39 is 0 Å². The first-order valence-corrected chi connectivity index (χ1v) is 5.44. The van der Waals surface area contributed by atoms with Crippen LogP contribution in [0.1, 0.15) is 19.0 Å². The number of aromatic nitrogens is 2. The van der Waals surface area contributed by atoms with Crippen LogP contribution in [0.25, 0.3) is 0 Å². The largest absolute Gasteiger partial charge is 0.307 e. The maximum absolute atomic E-state index is 4.19. The molecule has 2 heterocycles. The molecule has 1 aliphatic heterocycles. The molecular weight excluding hydrogens is 188 g/mol. The van der Waals surface area contributed by atoms with Crippen LogP contribution in [0.3, 0.4) is 0 Å². The van der Waals surface area contributed by atoms with E-state index in [4.69, 9.17) is 0 Å². The molecule has 2 rings (SSSR count). The van der Waals surface area contributed by atoms with Gasteiger partial charge in [-0.25, -0.2) is 9.97 Å². The molecule has 15 heavy (non-hydrogen) atoms. The maximum Gasteiger partial charge on any atom is 0.115 e. The van der Waals surface area contributed by atoms with E-state index in [9.17, 15) is 0 Å². The van der Waals surface area contributed by atoms with Gasteiger partial charge < -0.3 is 10.2 Å². The summed E-state index contributed by atoms with van der Waals surface area (Å²) in [5, 5.41) is 3.53. The molecule has 0 bridgehead atoms. The molecule has 0 aliphatic carbocycles. The number of hydrogen-bond acceptors (Lipinski definition) is 4. The van der Waals surface area contributed by atoms with Crippen molar-refractivity contribution in [1.29, 1.82) is 0 Å². The molecule has 1 fully saturated rings. The van der Waals surface area contributed by atoms with Gasteiger partial charge in [-0.2, -0.15) is 0 Å². The van der Waals surface area contributed by atoms with Crippen molar-refractivity contribution in [3.63, 3.8) is 0 Å². The first kappa shape index (κ1) is 10.5. The topological polar surface area (TPSA) is 41.1 Å². The smallest absolute Gasteiger partial charge is 0.115 e. The molecule has 2 unspecified atom stereocenters. The summed E-state index contributed by atoms with van der Waals surface area (Å²) in [5.41, 5.74) is 1.06. The van der Waals surface area contributed by atoms with Crippen molar-refractivity contribution in [1.82, 2.24) is 20.2 Å². The SMILES string of the molecule is CC1CC(NCc2ccncn2)CN1C. The van der Waals surface area contributed by atoms with Gasteiger partial charge in [0.1, 0.15) is 6.33 Å². The summed E-state index contributed by atoms with van der Waals surface area (Å²) in [4.78, 5) is 10.5. The number of rotatable bonds is 3. The summed E-state index contributed by atoms with van der Waals surface area (Å²) in [6.45, 7) is 4.24. The van der Waals surface area contributed by atoms with Gasteiger partial charge in [0.25, 0.3) is 0 Å². The number of nitrogens with zero attached hydrogens (tertiary/aromatic N) is 3. The number of hydrogen-bond donors (Lipinski definition) is 1. The minimum atomic E-state index is 0.597. The van der Waals surface area contributed by atoms with E-state index in [0.717, 1.165) is 18.8 Å². The third-order valence-corrected chi connectivity index (χ3v) is 3.10. The summed E-state index contributed by atoms with van der Waals surface area (Å²) in [5.74, 6) is 0. The minimum absolute atomic E-state index is 0.597. The van der Waals surface area contributed by atoms with Gasteiger partial charge in [0.2, 0.25) is 0 Å². The fourth-order valence-electron chi connectivity index (χ4n) is 2.01. The second-order valence-electron chi connectivity index (χ2n) is 4.30. The van der Waals surface area contributed by atoms with Gasteiger partial charge in [0.05, 0.1) is 5.69 Å². The van der Waals surface area contributed by atoms with E-state index in [1.807, 2.05) is 6.07 Å². The van der Waals surface area contributed by atoms with Gasteiger partial charge in [-0.15, -0.1) is 0 Å². The molecule has 4 nitrogen and oxygen atoms in total. The van der Waals surface area contributed by atoms with E-state index in [1.54, 1.807) is 12.5 Å². The Morgan fingerprint density at radius 2 is 2.47 bits per heavy atom. The van der Waals surface area contributed by atoms with Gasteiger partial charge in [0, 0.05) is 31.4 Å². The molecule has 0 aromatic carbocycles. The standard InChI is InChI=1S/C11H18N4/c1-9-5-11(7-15(9)2)13-6-10-3-4-12-8-14-10/h3-4,8-9,11,13H,5-7H2,1-2H3. The average molecular weight is 206 g/mol. The lowest BCUT2D eigenvalue weighted by atomic mass is 10.2. The van der Waals surface area contributed by atoms with Crippen molar-refractivity contribution < 1.29 is 0 Å². The van der Waals surface area contributed by atoms with E-state index in [2.05, 4.69) is 34.2 Å². The van der Waals surface area contributed by atoms with E-state index in [-0.39, 0.29) is 0 Å². The van der Waals surface area contributed by atoms with Crippen LogP contribution in [0, 0.1) is 0 Å². The second kappa shape index (κ2) is 4.68. The number of likely N-dealkylation sites (tertiary alicyclic amines) is 1.